The van der Waals surface area contributed by atoms with E-state index in [1.807, 2.05) is 0 Å². The van der Waals surface area contributed by atoms with Crippen molar-refractivity contribution in [2.75, 3.05) is 13.2 Å². The molecule has 1 fully saturated rings. The smallest absolute Gasteiger partial charge is 0.251 e. The molecule has 0 unspecified atom stereocenters. The van der Waals surface area contributed by atoms with Gasteiger partial charge in [0, 0.05) is 37.0 Å². The fourth-order valence-corrected chi connectivity index (χ4v) is 2.66. The first-order valence-corrected chi connectivity index (χ1v) is 7.13. The first-order valence-electron chi connectivity index (χ1n) is 7.13. The van der Waals surface area contributed by atoms with Crippen LogP contribution >= 0.6 is 0 Å². The Balaban J connectivity index is 1.79. The third kappa shape index (κ3) is 4.31. The van der Waals surface area contributed by atoms with E-state index in [4.69, 9.17) is 5.11 Å². The Labute approximate surface area is 114 Å². The molecule has 0 radical (unpaired) electrons. The van der Waals surface area contributed by atoms with Crippen molar-refractivity contribution in [1.29, 1.82) is 0 Å². The molecule has 4 heteroatoms. The normalized spacial score (nSPS) is 15.6. The van der Waals surface area contributed by atoms with Crippen molar-refractivity contribution in [3.05, 3.63) is 29.6 Å². The van der Waals surface area contributed by atoms with Gasteiger partial charge in [0.25, 0.3) is 5.91 Å². The van der Waals surface area contributed by atoms with Gasteiger partial charge < -0.3 is 10.4 Å². The molecule has 2 N–H and O–H groups in total. The molecular weight excluding hydrogens is 240 g/mol. The number of hydrogen-bond donors (Lipinski definition) is 2. The summed E-state index contributed by atoms with van der Waals surface area (Å²) in [6.45, 7) is 0.806. The van der Waals surface area contributed by atoms with Crippen molar-refractivity contribution >= 4 is 5.91 Å². The number of amides is 1. The first kappa shape index (κ1) is 14.0. The number of hydrogen-bond acceptors (Lipinski definition) is 3. The molecule has 104 valence electrons. The maximum Gasteiger partial charge on any atom is 0.251 e. The molecule has 1 aromatic rings. The number of aliphatic hydroxyl groups is 1. The van der Waals surface area contributed by atoms with Gasteiger partial charge in [0.2, 0.25) is 0 Å². The summed E-state index contributed by atoms with van der Waals surface area (Å²) in [6, 6.07) is 3.47. The van der Waals surface area contributed by atoms with E-state index < -0.39 is 0 Å². The van der Waals surface area contributed by atoms with Crippen molar-refractivity contribution in [3.8, 4) is 0 Å². The van der Waals surface area contributed by atoms with Crippen LogP contribution in [0.3, 0.4) is 0 Å². The minimum Gasteiger partial charge on any atom is -0.396 e. The Bertz CT molecular complexity index is 414. The summed E-state index contributed by atoms with van der Waals surface area (Å²) in [4.78, 5) is 16.1. The fourth-order valence-electron chi connectivity index (χ4n) is 2.66. The van der Waals surface area contributed by atoms with Crippen LogP contribution in [0.1, 0.15) is 48.2 Å². The van der Waals surface area contributed by atoms with E-state index >= 15 is 0 Å². The summed E-state index contributed by atoms with van der Waals surface area (Å²) in [5.74, 6) is 0.752. The fraction of sp³-hybridized carbons (Fsp3) is 0.600. The van der Waals surface area contributed by atoms with E-state index in [-0.39, 0.29) is 12.5 Å². The van der Waals surface area contributed by atoms with E-state index in [0.717, 1.165) is 24.6 Å². The van der Waals surface area contributed by atoms with Crippen molar-refractivity contribution in [2.45, 2.75) is 38.5 Å². The zero-order valence-corrected chi connectivity index (χ0v) is 11.3. The predicted molar refractivity (Wildman–Crippen MR) is 73.9 cm³/mol. The van der Waals surface area contributed by atoms with Crippen LogP contribution < -0.4 is 5.32 Å². The molecule has 0 saturated heterocycles. The third-order valence-electron chi connectivity index (χ3n) is 3.76. The predicted octanol–water partition coefficient (Wildman–Crippen LogP) is 1.93. The van der Waals surface area contributed by atoms with Gasteiger partial charge >= 0.3 is 0 Å². The zero-order valence-electron chi connectivity index (χ0n) is 11.3. The van der Waals surface area contributed by atoms with Gasteiger partial charge in [-0.05, 0) is 24.5 Å². The SMILES string of the molecule is O=C(NCCC1CCCC1)c1ccnc(CCO)c1. The van der Waals surface area contributed by atoms with Crippen LogP contribution in [0.2, 0.25) is 0 Å². The quantitative estimate of drug-likeness (QED) is 0.823. The van der Waals surface area contributed by atoms with E-state index in [9.17, 15) is 4.79 Å². The van der Waals surface area contributed by atoms with Crippen LogP contribution in [-0.4, -0.2) is 29.1 Å². The lowest BCUT2D eigenvalue weighted by atomic mass is 10.0. The lowest BCUT2D eigenvalue weighted by molar-refractivity contribution is 0.0951. The largest absolute Gasteiger partial charge is 0.396 e. The van der Waals surface area contributed by atoms with Crippen LogP contribution in [0.15, 0.2) is 18.3 Å². The molecule has 19 heavy (non-hydrogen) atoms. The summed E-state index contributed by atoms with van der Waals surface area (Å²) in [5.41, 5.74) is 1.39. The molecule has 4 nitrogen and oxygen atoms in total. The number of nitrogens with zero attached hydrogens (tertiary/aromatic N) is 1. The standard InChI is InChI=1S/C15H22N2O2/c18-10-7-14-11-13(6-9-16-14)15(19)17-8-5-12-3-1-2-4-12/h6,9,11-12,18H,1-5,7-8,10H2,(H,17,19). The van der Waals surface area contributed by atoms with E-state index in [0.29, 0.717) is 12.0 Å². The van der Waals surface area contributed by atoms with Crippen molar-refractivity contribution in [1.82, 2.24) is 10.3 Å². The minimum absolute atomic E-state index is 0.0420. The Morgan fingerprint density at radius 3 is 2.95 bits per heavy atom. The second kappa shape index (κ2) is 7.24. The number of carbonyl (C=O) groups is 1. The van der Waals surface area contributed by atoms with Gasteiger partial charge in [-0.15, -0.1) is 0 Å². The molecule has 0 aromatic carbocycles. The monoisotopic (exact) mass is 262 g/mol. The summed E-state index contributed by atoms with van der Waals surface area (Å²) in [5, 5.41) is 11.8. The molecule has 2 rings (SSSR count). The van der Waals surface area contributed by atoms with Crippen LogP contribution in [0.25, 0.3) is 0 Å². The maximum absolute atomic E-state index is 12.0. The van der Waals surface area contributed by atoms with Gasteiger partial charge in [0.05, 0.1) is 0 Å². The topological polar surface area (TPSA) is 62.2 Å². The number of pyridine rings is 1. The van der Waals surface area contributed by atoms with Gasteiger partial charge in [-0.2, -0.15) is 0 Å². The second-order valence-corrected chi connectivity index (χ2v) is 5.20. The Kier molecular flexibility index (Phi) is 5.33. The Hall–Kier alpha value is -1.42. The van der Waals surface area contributed by atoms with Gasteiger partial charge in [-0.25, -0.2) is 0 Å². The van der Waals surface area contributed by atoms with Crippen LogP contribution in [0.5, 0.6) is 0 Å². The second-order valence-electron chi connectivity index (χ2n) is 5.20. The van der Waals surface area contributed by atoms with Crippen LogP contribution in [0.4, 0.5) is 0 Å². The molecule has 1 heterocycles. The summed E-state index contributed by atoms with van der Waals surface area (Å²) in [6.07, 6.45) is 8.50. The number of carbonyl (C=O) groups excluding carboxylic acids is 1. The van der Waals surface area contributed by atoms with E-state index in [2.05, 4.69) is 10.3 Å². The highest BCUT2D eigenvalue weighted by molar-refractivity contribution is 5.94. The van der Waals surface area contributed by atoms with Gasteiger partial charge in [0.1, 0.15) is 0 Å². The maximum atomic E-state index is 12.0. The van der Waals surface area contributed by atoms with Gasteiger partial charge in [-0.1, -0.05) is 25.7 Å². The first-order chi connectivity index (χ1) is 9.29. The molecule has 1 amide bonds. The number of aliphatic hydroxyl groups excluding tert-OH is 1. The highest BCUT2D eigenvalue weighted by Gasteiger charge is 2.15. The molecule has 1 aliphatic carbocycles. The number of rotatable bonds is 6. The van der Waals surface area contributed by atoms with Gasteiger partial charge in [-0.3, -0.25) is 9.78 Å². The van der Waals surface area contributed by atoms with E-state index in [1.54, 1.807) is 18.3 Å². The molecule has 0 atom stereocenters. The zero-order chi connectivity index (χ0) is 13.5. The van der Waals surface area contributed by atoms with Crippen LogP contribution in [0, 0.1) is 5.92 Å². The summed E-state index contributed by atoms with van der Waals surface area (Å²) in [7, 11) is 0. The Morgan fingerprint density at radius 2 is 2.21 bits per heavy atom. The summed E-state index contributed by atoms with van der Waals surface area (Å²) >= 11 is 0. The molecule has 0 aliphatic heterocycles. The molecule has 1 aromatic heterocycles. The minimum atomic E-state index is -0.0420. The molecule has 0 bridgehead atoms. The average molecular weight is 262 g/mol. The van der Waals surface area contributed by atoms with E-state index in [1.165, 1.54) is 25.7 Å². The lowest BCUT2D eigenvalue weighted by Crippen LogP contribution is -2.25. The number of nitrogens with one attached hydrogen (secondary N) is 1. The highest BCUT2D eigenvalue weighted by atomic mass is 16.3. The lowest BCUT2D eigenvalue weighted by Gasteiger charge is -2.10. The molecule has 1 saturated carbocycles. The van der Waals surface area contributed by atoms with Crippen molar-refractivity contribution in [2.24, 2.45) is 5.92 Å². The van der Waals surface area contributed by atoms with Crippen LogP contribution in [-0.2, 0) is 6.42 Å². The van der Waals surface area contributed by atoms with Crippen molar-refractivity contribution in [3.63, 3.8) is 0 Å². The Morgan fingerprint density at radius 1 is 1.42 bits per heavy atom. The molecule has 0 spiro atoms. The third-order valence-corrected chi connectivity index (χ3v) is 3.76. The number of aromatic nitrogens is 1. The van der Waals surface area contributed by atoms with Gasteiger partial charge in [0.15, 0.2) is 0 Å². The average Bonchev–Trinajstić information content (AvgIpc) is 2.92. The molecule has 1 aliphatic rings. The van der Waals surface area contributed by atoms with Crippen molar-refractivity contribution < 1.29 is 9.90 Å². The molecular formula is C15H22N2O2. The highest BCUT2D eigenvalue weighted by Crippen LogP contribution is 2.26. The summed E-state index contributed by atoms with van der Waals surface area (Å²) < 4.78 is 0.